The third-order valence-corrected chi connectivity index (χ3v) is 4.80. The lowest BCUT2D eigenvalue weighted by molar-refractivity contribution is -0.136. The quantitative estimate of drug-likeness (QED) is 0.691. The molecule has 1 aromatic heterocycles. The van der Waals surface area contributed by atoms with E-state index < -0.39 is 12.1 Å². The molecule has 6 nitrogen and oxygen atoms in total. The molecule has 0 saturated carbocycles. The number of amides is 2. The van der Waals surface area contributed by atoms with Crippen molar-refractivity contribution in [3.63, 3.8) is 0 Å². The Bertz CT molecular complexity index is 810. The predicted octanol–water partition coefficient (Wildman–Crippen LogP) is 1.64. The number of piperazine rings is 1. The Labute approximate surface area is 153 Å². The normalized spacial score (nSPS) is 20.4. The van der Waals surface area contributed by atoms with Crippen molar-refractivity contribution >= 4 is 11.8 Å². The van der Waals surface area contributed by atoms with Crippen molar-refractivity contribution < 1.29 is 9.59 Å². The second-order valence-corrected chi connectivity index (χ2v) is 7.17. The Morgan fingerprint density at radius 3 is 2.31 bits per heavy atom. The first-order valence-electron chi connectivity index (χ1n) is 8.71. The summed E-state index contributed by atoms with van der Waals surface area (Å²) in [6.07, 6.45) is 4.27. The summed E-state index contributed by atoms with van der Waals surface area (Å²) in [5.41, 5.74) is 2.35. The van der Waals surface area contributed by atoms with Gasteiger partial charge in [-0.3, -0.25) is 9.59 Å². The van der Waals surface area contributed by atoms with Crippen LogP contribution in [0.2, 0.25) is 0 Å². The zero-order chi connectivity index (χ0) is 18.7. The van der Waals surface area contributed by atoms with E-state index in [1.54, 1.807) is 6.33 Å². The Morgan fingerprint density at radius 1 is 1.08 bits per heavy atom. The van der Waals surface area contributed by atoms with E-state index in [1.807, 2.05) is 50.3 Å². The second kappa shape index (κ2) is 7.15. The van der Waals surface area contributed by atoms with Crippen LogP contribution in [0.4, 0.5) is 0 Å². The van der Waals surface area contributed by atoms with Gasteiger partial charge in [0, 0.05) is 24.0 Å². The summed E-state index contributed by atoms with van der Waals surface area (Å²) in [5, 5.41) is 5.69. The molecule has 136 valence electrons. The molecule has 26 heavy (non-hydrogen) atoms. The summed E-state index contributed by atoms with van der Waals surface area (Å²) in [6.45, 7) is 7.87. The fourth-order valence-corrected chi connectivity index (χ4v) is 3.15. The predicted molar refractivity (Wildman–Crippen MR) is 99.5 cm³/mol. The van der Waals surface area contributed by atoms with Crippen molar-refractivity contribution in [2.24, 2.45) is 0 Å². The number of allylic oxidation sites excluding steroid dienone is 1. The summed E-state index contributed by atoms with van der Waals surface area (Å²) in [7, 11) is 0. The first kappa shape index (κ1) is 17.9. The van der Waals surface area contributed by atoms with Gasteiger partial charge in [-0.05, 0) is 5.56 Å². The maximum absolute atomic E-state index is 12.5. The van der Waals surface area contributed by atoms with Gasteiger partial charge < -0.3 is 15.6 Å². The van der Waals surface area contributed by atoms with Gasteiger partial charge >= 0.3 is 0 Å². The highest BCUT2D eigenvalue weighted by Gasteiger charge is 2.35. The highest BCUT2D eigenvalue weighted by Crippen LogP contribution is 2.25. The molecule has 1 aliphatic rings. The summed E-state index contributed by atoms with van der Waals surface area (Å²) < 4.78 is 0. The molecule has 1 saturated heterocycles. The maximum Gasteiger partial charge on any atom is 0.243 e. The number of aromatic amines is 1. The van der Waals surface area contributed by atoms with Crippen LogP contribution >= 0.6 is 0 Å². The Morgan fingerprint density at radius 2 is 1.69 bits per heavy atom. The minimum absolute atomic E-state index is 0.164. The van der Waals surface area contributed by atoms with Crippen LogP contribution < -0.4 is 10.6 Å². The van der Waals surface area contributed by atoms with Crippen LogP contribution in [-0.4, -0.2) is 33.9 Å². The molecular formula is C20H24N4O2. The van der Waals surface area contributed by atoms with Gasteiger partial charge in [0.25, 0.3) is 0 Å². The van der Waals surface area contributed by atoms with Crippen LogP contribution in [0.1, 0.15) is 30.8 Å². The number of hydrogen-bond donors (Lipinski definition) is 3. The number of nitrogens with zero attached hydrogens (tertiary/aromatic N) is 1. The van der Waals surface area contributed by atoms with E-state index in [0.717, 1.165) is 17.0 Å². The largest absolute Gasteiger partial charge is 0.348 e. The van der Waals surface area contributed by atoms with E-state index in [4.69, 9.17) is 0 Å². The van der Waals surface area contributed by atoms with E-state index in [-0.39, 0.29) is 17.2 Å². The molecule has 2 unspecified atom stereocenters. The SMILES string of the molecule is C=CC(C)(C)c1nc[nH]c1CC1NC(=O)C(Cc2ccccc2)NC1=O. The highest BCUT2D eigenvalue weighted by atomic mass is 16.2. The van der Waals surface area contributed by atoms with Gasteiger partial charge in [0.2, 0.25) is 11.8 Å². The van der Waals surface area contributed by atoms with Gasteiger partial charge in [-0.2, -0.15) is 0 Å². The lowest BCUT2D eigenvalue weighted by Crippen LogP contribution is -2.63. The van der Waals surface area contributed by atoms with Crippen molar-refractivity contribution in [1.82, 2.24) is 20.6 Å². The summed E-state index contributed by atoms with van der Waals surface area (Å²) in [4.78, 5) is 32.4. The van der Waals surface area contributed by atoms with Crippen LogP contribution in [0.25, 0.3) is 0 Å². The smallest absolute Gasteiger partial charge is 0.243 e. The summed E-state index contributed by atoms with van der Waals surface area (Å²) >= 11 is 0. The maximum atomic E-state index is 12.5. The van der Waals surface area contributed by atoms with E-state index in [1.165, 1.54) is 0 Å². The molecule has 0 spiro atoms. The fourth-order valence-electron chi connectivity index (χ4n) is 3.15. The molecule has 1 aromatic carbocycles. The standard InChI is InChI=1S/C20H24N4O2/c1-4-20(2,3)17-14(21-12-22-17)11-16-19(26)23-15(18(25)24-16)10-13-8-6-5-7-9-13/h4-9,12,15-16H,1,10-11H2,2-3H3,(H,21,22)(H,23,26)(H,24,25). The second-order valence-electron chi connectivity index (χ2n) is 7.17. The number of nitrogens with one attached hydrogen (secondary N) is 3. The number of H-pyrrole nitrogens is 1. The Hall–Kier alpha value is -2.89. The number of imidazole rings is 1. The van der Waals surface area contributed by atoms with Crippen molar-refractivity contribution in [3.05, 3.63) is 66.3 Å². The van der Waals surface area contributed by atoms with E-state index in [2.05, 4.69) is 27.2 Å². The first-order valence-corrected chi connectivity index (χ1v) is 8.71. The van der Waals surface area contributed by atoms with Crippen LogP contribution in [-0.2, 0) is 27.8 Å². The number of rotatable bonds is 6. The van der Waals surface area contributed by atoms with Crippen LogP contribution in [0.15, 0.2) is 49.3 Å². The average Bonchev–Trinajstić information content (AvgIpc) is 3.09. The molecule has 0 bridgehead atoms. The minimum atomic E-state index is -0.616. The zero-order valence-corrected chi connectivity index (χ0v) is 15.1. The van der Waals surface area contributed by atoms with Crippen molar-refractivity contribution in [3.8, 4) is 0 Å². The number of aromatic nitrogens is 2. The Balaban J connectivity index is 1.69. The molecule has 2 heterocycles. The highest BCUT2D eigenvalue weighted by molar-refractivity contribution is 5.97. The molecule has 2 aromatic rings. The first-order chi connectivity index (χ1) is 12.4. The van der Waals surface area contributed by atoms with E-state index in [0.29, 0.717) is 12.8 Å². The van der Waals surface area contributed by atoms with Crippen LogP contribution in [0, 0.1) is 0 Å². The zero-order valence-electron chi connectivity index (χ0n) is 15.1. The van der Waals surface area contributed by atoms with E-state index >= 15 is 0 Å². The minimum Gasteiger partial charge on any atom is -0.348 e. The molecule has 0 radical (unpaired) electrons. The third-order valence-electron chi connectivity index (χ3n) is 4.80. The number of benzene rings is 1. The van der Waals surface area contributed by atoms with Crippen molar-refractivity contribution in [2.45, 2.75) is 44.2 Å². The molecule has 6 heteroatoms. The summed E-state index contributed by atoms with van der Waals surface area (Å²) in [5.74, 6) is -0.343. The van der Waals surface area contributed by atoms with Gasteiger partial charge in [-0.15, -0.1) is 6.58 Å². The molecule has 2 amide bonds. The molecule has 1 fully saturated rings. The lowest BCUT2D eigenvalue weighted by Gasteiger charge is -2.30. The van der Waals surface area contributed by atoms with Gasteiger partial charge in [0.05, 0.1) is 12.0 Å². The van der Waals surface area contributed by atoms with Gasteiger partial charge in [-0.1, -0.05) is 50.3 Å². The van der Waals surface area contributed by atoms with Gasteiger partial charge in [0.1, 0.15) is 12.1 Å². The van der Waals surface area contributed by atoms with Crippen LogP contribution in [0.5, 0.6) is 0 Å². The van der Waals surface area contributed by atoms with Crippen LogP contribution in [0.3, 0.4) is 0 Å². The van der Waals surface area contributed by atoms with Crippen molar-refractivity contribution in [2.75, 3.05) is 0 Å². The van der Waals surface area contributed by atoms with Gasteiger partial charge in [0.15, 0.2) is 0 Å². The molecule has 3 rings (SSSR count). The monoisotopic (exact) mass is 352 g/mol. The number of carbonyl (C=O) groups excluding carboxylic acids is 2. The fraction of sp³-hybridized carbons (Fsp3) is 0.350. The number of carbonyl (C=O) groups is 2. The lowest BCUT2D eigenvalue weighted by atomic mass is 9.87. The molecule has 1 aliphatic heterocycles. The topological polar surface area (TPSA) is 86.9 Å². The molecule has 3 N–H and O–H groups in total. The van der Waals surface area contributed by atoms with E-state index in [9.17, 15) is 9.59 Å². The number of hydrogen-bond acceptors (Lipinski definition) is 3. The molecule has 2 atom stereocenters. The Kier molecular flexibility index (Phi) is 4.93. The molecule has 0 aliphatic carbocycles. The summed E-state index contributed by atoms with van der Waals surface area (Å²) in [6, 6.07) is 8.48. The molecular weight excluding hydrogens is 328 g/mol. The average molecular weight is 352 g/mol. The third kappa shape index (κ3) is 3.69. The van der Waals surface area contributed by atoms with Crippen molar-refractivity contribution in [1.29, 1.82) is 0 Å². The van der Waals surface area contributed by atoms with Gasteiger partial charge in [-0.25, -0.2) is 4.98 Å².